The lowest BCUT2D eigenvalue weighted by atomic mass is 9.86. The maximum Gasteiger partial charge on any atom is 0.316 e. The third-order valence-corrected chi connectivity index (χ3v) is 3.57. The van der Waals surface area contributed by atoms with E-state index in [9.17, 15) is 8.78 Å². The van der Waals surface area contributed by atoms with Crippen molar-refractivity contribution >= 4 is 0 Å². The largest absolute Gasteiger partial charge is 0.467 e. The number of nitrogens with zero attached hydrogens (tertiary/aromatic N) is 2. The zero-order valence-corrected chi connectivity index (χ0v) is 12.4. The topological polar surface area (TPSA) is 35.0 Å². The molecule has 0 amide bonds. The molecule has 0 aliphatic carbocycles. The lowest BCUT2D eigenvalue weighted by Gasteiger charge is -2.19. The van der Waals surface area contributed by atoms with Gasteiger partial charge in [-0.2, -0.15) is 0 Å². The van der Waals surface area contributed by atoms with E-state index in [0.29, 0.717) is 11.1 Å². The van der Waals surface area contributed by atoms with Gasteiger partial charge in [0, 0.05) is 35.5 Å². The second kappa shape index (κ2) is 6.52. The maximum absolute atomic E-state index is 14.3. The van der Waals surface area contributed by atoms with Gasteiger partial charge in [-0.05, 0) is 11.6 Å². The first-order chi connectivity index (χ1) is 11.2. The van der Waals surface area contributed by atoms with Gasteiger partial charge in [0.15, 0.2) is 0 Å². The second-order valence-electron chi connectivity index (χ2n) is 5.01. The van der Waals surface area contributed by atoms with Crippen LogP contribution in [0.2, 0.25) is 0 Å². The summed E-state index contributed by atoms with van der Waals surface area (Å²) in [5, 5.41) is 0. The molecule has 3 aromatic rings. The van der Waals surface area contributed by atoms with E-state index in [-0.39, 0.29) is 6.01 Å². The molecular weight excluding hydrogens is 298 g/mol. The zero-order chi connectivity index (χ0) is 16.2. The minimum absolute atomic E-state index is 0.236. The van der Waals surface area contributed by atoms with Gasteiger partial charge in [-0.1, -0.05) is 36.4 Å². The van der Waals surface area contributed by atoms with Crippen molar-refractivity contribution in [2.45, 2.75) is 5.92 Å². The molecule has 0 saturated carbocycles. The van der Waals surface area contributed by atoms with Crippen molar-refractivity contribution in [1.29, 1.82) is 0 Å². The standard InChI is InChI=1S/C18H14F2N2O/c1-23-18-21-10-13(11-22-18)17(12-5-3-2-4-6-12)15-8-7-14(19)9-16(15)20/h2-11,17H,1H3. The Morgan fingerprint density at radius 2 is 1.61 bits per heavy atom. The van der Waals surface area contributed by atoms with Gasteiger partial charge in [0.25, 0.3) is 0 Å². The van der Waals surface area contributed by atoms with Crippen LogP contribution in [0.5, 0.6) is 6.01 Å². The first kappa shape index (κ1) is 15.1. The molecule has 0 bridgehead atoms. The SMILES string of the molecule is COc1ncc(C(c2ccccc2)c2ccc(F)cc2F)cn1. The van der Waals surface area contributed by atoms with Crippen LogP contribution in [0.15, 0.2) is 60.9 Å². The molecular formula is C18H14F2N2O. The Morgan fingerprint density at radius 1 is 0.913 bits per heavy atom. The summed E-state index contributed by atoms with van der Waals surface area (Å²) in [5.74, 6) is -1.64. The Balaban J connectivity index is 2.13. The summed E-state index contributed by atoms with van der Waals surface area (Å²) in [6.45, 7) is 0. The highest BCUT2D eigenvalue weighted by molar-refractivity contribution is 5.42. The van der Waals surface area contributed by atoms with Crippen LogP contribution in [0.4, 0.5) is 8.78 Å². The lowest BCUT2D eigenvalue weighted by Crippen LogP contribution is -2.07. The number of benzene rings is 2. The normalized spacial score (nSPS) is 12.0. The van der Waals surface area contributed by atoms with Crippen molar-refractivity contribution in [1.82, 2.24) is 9.97 Å². The predicted molar refractivity (Wildman–Crippen MR) is 82.3 cm³/mol. The number of halogens is 2. The summed E-state index contributed by atoms with van der Waals surface area (Å²) in [4.78, 5) is 8.17. The number of ether oxygens (including phenoxy) is 1. The van der Waals surface area contributed by atoms with E-state index in [4.69, 9.17) is 4.74 Å². The maximum atomic E-state index is 14.3. The van der Waals surface area contributed by atoms with Crippen LogP contribution in [0.25, 0.3) is 0 Å². The quantitative estimate of drug-likeness (QED) is 0.732. The van der Waals surface area contributed by atoms with E-state index >= 15 is 0 Å². The van der Waals surface area contributed by atoms with Crippen molar-refractivity contribution in [3.63, 3.8) is 0 Å². The molecule has 0 aliphatic rings. The van der Waals surface area contributed by atoms with Crippen molar-refractivity contribution in [2.24, 2.45) is 0 Å². The van der Waals surface area contributed by atoms with E-state index in [1.165, 1.54) is 19.2 Å². The molecule has 5 heteroatoms. The highest BCUT2D eigenvalue weighted by Gasteiger charge is 2.21. The molecule has 3 rings (SSSR count). The molecule has 2 aromatic carbocycles. The average Bonchev–Trinajstić information content (AvgIpc) is 2.59. The Hall–Kier alpha value is -2.82. The van der Waals surface area contributed by atoms with Crippen LogP contribution in [0.3, 0.4) is 0 Å². The monoisotopic (exact) mass is 312 g/mol. The summed E-state index contributed by atoms with van der Waals surface area (Å²) in [6, 6.07) is 13.2. The molecule has 0 saturated heterocycles. The van der Waals surface area contributed by atoms with Crippen molar-refractivity contribution < 1.29 is 13.5 Å². The second-order valence-corrected chi connectivity index (χ2v) is 5.01. The minimum Gasteiger partial charge on any atom is -0.467 e. The molecule has 116 valence electrons. The highest BCUT2D eigenvalue weighted by Crippen LogP contribution is 2.33. The third-order valence-electron chi connectivity index (χ3n) is 3.57. The van der Waals surface area contributed by atoms with E-state index in [0.717, 1.165) is 11.6 Å². The first-order valence-corrected chi connectivity index (χ1v) is 7.05. The van der Waals surface area contributed by atoms with E-state index < -0.39 is 17.6 Å². The molecule has 1 unspecified atom stereocenters. The number of aromatic nitrogens is 2. The third kappa shape index (κ3) is 3.18. The molecule has 23 heavy (non-hydrogen) atoms. The number of hydrogen-bond donors (Lipinski definition) is 0. The summed E-state index contributed by atoms with van der Waals surface area (Å²) in [6.07, 6.45) is 3.18. The summed E-state index contributed by atoms with van der Waals surface area (Å²) in [5.41, 5.74) is 1.93. The van der Waals surface area contributed by atoms with Crippen molar-refractivity contribution in [3.8, 4) is 6.01 Å². The number of rotatable bonds is 4. The van der Waals surface area contributed by atoms with E-state index in [1.807, 2.05) is 30.3 Å². The fourth-order valence-electron chi connectivity index (χ4n) is 2.51. The van der Waals surface area contributed by atoms with Gasteiger partial charge in [-0.3, -0.25) is 0 Å². The average molecular weight is 312 g/mol. The zero-order valence-electron chi connectivity index (χ0n) is 12.4. The molecule has 0 fully saturated rings. The lowest BCUT2D eigenvalue weighted by molar-refractivity contribution is 0.379. The summed E-state index contributed by atoms with van der Waals surface area (Å²) >= 11 is 0. The van der Waals surface area contributed by atoms with Crippen LogP contribution in [-0.4, -0.2) is 17.1 Å². The van der Waals surface area contributed by atoms with Crippen LogP contribution < -0.4 is 4.74 Å². The fourth-order valence-corrected chi connectivity index (χ4v) is 2.51. The molecule has 0 radical (unpaired) electrons. The van der Waals surface area contributed by atoms with Gasteiger partial charge in [0.1, 0.15) is 11.6 Å². The smallest absolute Gasteiger partial charge is 0.316 e. The minimum atomic E-state index is -0.607. The molecule has 3 nitrogen and oxygen atoms in total. The molecule has 1 heterocycles. The van der Waals surface area contributed by atoms with Gasteiger partial charge in [-0.15, -0.1) is 0 Å². The summed E-state index contributed by atoms with van der Waals surface area (Å²) < 4.78 is 32.5. The number of methoxy groups -OCH3 is 1. The molecule has 1 atom stereocenters. The Morgan fingerprint density at radius 3 is 2.22 bits per heavy atom. The van der Waals surface area contributed by atoms with E-state index in [1.54, 1.807) is 12.4 Å². The van der Waals surface area contributed by atoms with Gasteiger partial charge >= 0.3 is 6.01 Å². The number of hydrogen-bond acceptors (Lipinski definition) is 3. The summed E-state index contributed by atoms with van der Waals surface area (Å²) in [7, 11) is 1.48. The fraction of sp³-hybridized carbons (Fsp3) is 0.111. The predicted octanol–water partition coefficient (Wildman–Crippen LogP) is 3.94. The molecule has 0 aliphatic heterocycles. The molecule has 0 N–H and O–H groups in total. The Kier molecular flexibility index (Phi) is 4.28. The Labute approximate surface area is 132 Å². The highest BCUT2D eigenvalue weighted by atomic mass is 19.1. The van der Waals surface area contributed by atoms with E-state index in [2.05, 4.69) is 9.97 Å². The van der Waals surface area contributed by atoms with Crippen LogP contribution >= 0.6 is 0 Å². The van der Waals surface area contributed by atoms with Gasteiger partial charge < -0.3 is 4.74 Å². The molecule has 0 spiro atoms. The Bertz CT molecular complexity index is 792. The van der Waals surface area contributed by atoms with Crippen LogP contribution in [-0.2, 0) is 0 Å². The van der Waals surface area contributed by atoms with Crippen molar-refractivity contribution in [3.05, 3.63) is 89.2 Å². The van der Waals surface area contributed by atoms with Crippen LogP contribution in [0, 0.1) is 11.6 Å². The van der Waals surface area contributed by atoms with Gasteiger partial charge in [-0.25, -0.2) is 18.7 Å². The van der Waals surface area contributed by atoms with Crippen LogP contribution in [0.1, 0.15) is 22.6 Å². The van der Waals surface area contributed by atoms with Gasteiger partial charge in [0.05, 0.1) is 7.11 Å². The molecule has 1 aromatic heterocycles. The first-order valence-electron chi connectivity index (χ1n) is 7.05. The van der Waals surface area contributed by atoms with Crippen molar-refractivity contribution in [2.75, 3.05) is 7.11 Å². The van der Waals surface area contributed by atoms with Gasteiger partial charge in [0.2, 0.25) is 0 Å².